The Morgan fingerprint density at radius 1 is 1.35 bits per heavy atom. The molecule has 1 atom stereocenters. The van der Waals surface area contributed by atoms with Crippen LogP contribution >= 0.6 is 12.2 Å². The van der Waals surface area contributed by atoms with E-state index in [1.807, 2.05) is 18.2 Å². The normalized spacial score (nSPS) is 12.8. The molecule has 0 aliphatic rings. The zero-order valence-corrected chi connectivity index (χ0v) is 11.8. The van der Waals surface area contributed by atoms with Gasteiger partial charge in [0.05, 0.1) is 12.7 Å². The van der Waals surface area contributed by atoms with E-state index in [9.17, 15) is 0 Å². The van der Waals surface area contributed by atoms with Crippen LogP contribution in [-0.2, 0) is 11.3 Å². The average molecular weight is 251 g/mol. The van der Waals surface area contributed by atoms with Crippen LogP contribution in [0, 0.1) is 12.8 Å². The van der Waals surface area contributed by atoms with E-state index in [0.717, 1.165) is 5.56 Å². The molecule has 1 rings (SSSR count). The van der Waals surface area contributed by atoms with Gasteiger partial charge in [-0.3, -0.25) is 0 Å². The first kappa shape index (κ1) is 14.1. The Morgan fingerprint density at radius 2 is 2.00 bits per heavy atom. The maximum atomic E-state index is 5.81. The lowest BCUT2D eigenvalue weighted by Crippen LogP contribution is -2.15. The number of benzene rings is 1. The Balaban J connectivity index is 2.70. The second kappa shape index (κ2) is 6.12. The van der Waals surface area contributed by atoms with Gasteiger partial charge in [-0.2, -0.15) is 0 Å². The SMILES string of the molecule is Cc1cc(C(N)=S)ccc1COC(C)C(C)C. The summed E-state index contributed by atoms with van der Waals surface area (Å²) in [5.41, 5.74) is 8.87. The fourth-order valence-corrected chi connectivity index (χ4v) is 1.55. The Labute approximate surface area is 109 Å². The first-order valence-electron chi connectivity index (χ1n) is 5.92. The second-order valence-corrected chi connectivity index (χ2v) is 5.21. The number of aryl methyl sites for hydroxylation is 1. The highest BCUT2D eigenvalue weighted by Gasteiger charge is 2.08. The summed E-state index contributed by atoms with van der Waals surface area (Å²) in [7, 11) is 0. The molecule has 0 amide bonds. The maximum Gasteiger partial charge on any atom is 0.103 e. The molecule has 94 valence electrons. The Bertz CT molecular complexity index is 401. The van der Waals surface area contributed by atoms with Crippen molar-refractivity contribution in [2.75, 3.05) is 0 Å². The van der Waals surface area contributed by atoms with Crippen molar-refractivity contribution in [3.8, 4) is 0 Å². The number of ether oxygens (including phenoxy) is 1. The van der Waals surface area contributed by atoms with E-state index in [-0.39, 0.29) is 6.10 Å². The lowest BCUT2D eigenvalue weighted by atomic mass is 10.1. The first-order chi connectivity index (χ1) is 7.91. The quantitative estimate of drug-likeness (QED) is 0.816. The predicted octanol–water partition coefficient (Wildman–Crippen LogP) is 3.19. The van der Waals surface area contributed by atoms with Crippen molar-refractivity contribution in [1.29, 1.82) is 0 Å². The van der Waals surface area contributed by atoms with Crippen LogP contribution in [0.4, 0.5) is 0 Å². The van der Waals surface area contributed by atoms with Gasteiger partial charge in [-0.25, -0.2) is 0 Å². The number of rotatable bonds is 5. The van der Waals surface area contributed by atoms with Crippen molar-refractivity contribution in [2.45, 2.75) is 40.4 Å². The predicted molar refractivity (Wildman–Crippen MR) is 76.2 cm³/mol. The summed E-state index contributed by atoms with van der Waals surface area (Å²) in [6.07, 6.45) is 0.268. The molecule has 0 aliphatic carbocycles. The van der Waals surface area contributed by atoms with Gasteiger partial charge in [0.25, 0.3) is 0 Å². The van der Waals surface area contributed by atoms with Crippen molar-refractivity contribution in [3.63, 3.8) is 0 Å². The van der Waals surface area contributed by atoms with E-state index in [0.29, 0.717) is 17.5 Å². The van der Waals surface area contributed by atoms with Gasteiger partial charge in [0.2, 0.25) is 0 Å². The molecule has 1 aromatic carbocycles. The van der Waals surface area contributed by atoms with Crippen LogP contribution < -0.4 is 5.73 Å². The third-order valence-electron chi connectivity index (χ3n) is 3.07. The fraction of sp³-hybridized carbons (Fsp3) is 0.500. The lowest BCUT2D eigenvalue weighted by molar-refractivity contribution is 0.0233. The summed E-state index contributed by atoms with van der Waals surface area (Å²) < 4.78 is 5.81. The summed E-state index contributed by atoms with van der Waals surface area (Å²) in [6.45, 7) is 9.12. The molecule has 3 heteroatoms. The van der Waals surface area contributed by atoms with Gasteiger partial charge in [0, 0.05) is 5.56 Å². The molecule has 1 unspecified atom stereocenters. The van der Waals surface area contributed by atoms with Crippen LogP contribution in [0.5, 0.6) is 0 Å². The van der Waals surface area contributed by atoms with Crippen LogP contribution in [0.1, 0.15) is 37.5 Å². The van der Waals surface area contributed by atoms with Gasteiger partial charge in [0.15, 0.2) is 0 Å². The summed E-state index contributed by atoms with van der Waals surface area (Å²) in [4.78, 5) is 0.441. The van der Waals surface area contributed by atoms with E-state index >= 15 is 0 Å². The van der Waals surface area contributed by atoms with Gasteiger partial charge >= 0.3 is 0 Å². The molecule has 0 bridgehead atoms. The first-order valence-corrected chi connectivity index (χ1v) is 6.33. The monoisotopic (exact) mass is 251 g/mol. The molecule has 0 heterocycles. The molecule has 0 spiro atoms. The lowest BCUT2D eigenvalue weighted by Gasteiger charge is -2.17. The van der Waals surface area contributed by atoms with Gasteiger partial charge in [-0.15, -0.1) is 0 Å². The zero-order valence-electron chi connectivity index (χ0n) is 11.0. The summed E-state index contributed by atoms with van der Waals surface area (Å²) >= 11 is 4.95. The van der Waals surface area contributed by atoms with Crippen LogP contribution in [0.3, 0.4) is 0 Å². The molecule has 0 aromatic heterocycles. The minimum atomic E-state index is 0.268. The van der Waals surface area contributed by atoms with Crippen LogP contribution in [0.25, 0.3) is 0 Å². The van der Waals surface area contributed by atoms with E-state index in [1.54, 1.807) is 0 Å². The third kappa shape index (κ3) is 4.10. The molecule has 0 radical (unpaired) electrons. The fourth-order valence-electron chi connectivity index (χ4n) is 1.42. The molecule has 1 aromatic rings. The van der Waals surface area contributed by atoms with Gasteiger partial charge in [-0.05, 0) is 37.0 Å². The van der Waals surface area contributed by atoms with Crippen LogP contribution in [-0.4, -0.2) is 11.1 Å². The maximum absolute atomic E-state index is 5.81. The third-order valence-corrected chi connectivity index (χ3v) is 3.30. The molecule has 0 aliphatic heterocycles. The Kier molecular flexibility index (Phi) is 5.09. The molecular weight excluding hydrogens is 230 g/mol. The topological polar surface area (TPSA) is 35.2 Å². The molecule has 2 N–H and O–H groups in total. The highest BCUT2D eigenvalue weighted by molar-refractivity contribution is 7.80. The second-order valence-electron chi connectivity index (χ2n) is 4.77. The summed E-state index contributed by atoms with van der Waals surface area (Å²) in [5.74, 6) is 0.534. The summed E-state index contributed by atoms with van der Waals surface area (Å²) in [6, 6.07) is 6.01. The highest BCUT2D eigenvalue weighted by atomic mass is 32.1. The minimum absolute atomic E-state index is 0.268. The van der Waals surface area contributed by atoms with Crippen molar-refractivity contribution in [1.82, 2.24) is 0 Å². The average Bonchev–Trinajstić information content (AvgIpc) is 2.26. The van der Waals surface area contributed by atoms with Crippen LogP contribution in [0.2, 0.25) is 0 Å². The molecule has 2 nitrogen and oxygen atoms in total. The smallest absolute Gasteiger partial charge is 0.103 e. The van der Waals surface area contributed by atoms with E-state index in [4.69, 9.17) is 22.7 Å². The van der Waals surface area contributed by atoms with E-state index < -0.39 is 0 Å². The largest absolute Gasteiger partial charge is 0.389 e. The van der Waals surface area contributed by atoms with Crippen LogP contribution in [0.15, 0.2) is 18.2 Å². The molecular formula is C14H21NOS. The number of hydrogen-bond donors (Lipinski definition) is 1. The highest BCUT2D eigenvalue weighted by Crippen LogP contribution is 2.15. The van der Waals surface area contributed by atoms with E-state index in [1.165, 1.54) is 11.1 Å². The molecule has 0 saturated carbocycles. The zero-order chi connectivity index (χ0) is 13.0. The van der Waals surface area contributed by atoms with Gasteiger partial charge in [0.1, 0.15) is 4.99 Å². The van der Waals surface area contributed by atoms with Gasteiger partial charge < -0.3 is 10.5 Å². The molecule has 0 saturated heterocycles. The minimum Gasteiger partial charge on any atom is -0.389 e. The number of hydrogen-bond acceptors (Lipinski definition) is 2. The van der Waals surface area contributed by atoms with Crippen molar-refractivity contribution in [3.05, 3.63) is 34.9 Å². The van der Waals surface area contributed by atoms with Gasteiger partial charge in [-0.1, -0.05) is 38.2 Å². The standard InChI is InChI=1S/C14H21NOS/c1-9(2)11(4)16-8-13-6-5-12(14(15)17)7-10(13)3/h5-7,9,11H,8H2,1-4H3,(H2,15,17). The number of nitrogens with two attached hydrogens (primary N) is 1. The molecule has 17 heavy (non-hydrogen) atoms. The Hall–Kier alpha value is -0.930. The summed E-state index contributed by atoms with van der Waals surface area (Å²) in [5, 5.41) is 0. The van der Waals surface area contributed by atoms with E-state index in [2.05, 4.69) is 27.7 Å². The Morgan fingerprint density at radius 3 is 2.47 bits per heavy atom. The van der Waals surface area contributed by atoms with Crippen molar-refractivity contribution < 1.29 is 4.74 Å². The number of thiocarbonyl (C=S) groups is 1. The van der Waals surface area contributed by atoms with Crippen molar-refractivity contribution >= 4 is 17.2 Å². The molecule has 0 fully saturated rings. The van der Waals surface area contributed by atoms with Crippen molar-refractivity contribution in [2.24, 2.45) is 11.7 Å².